The van der Waals surface area contributed by atoms with Gasteiger partial charge in [-0.2, -0.15) is 16.9 Å². The molecule has 0 aliphatic carbocycles. The normalized spacial score (nSPS) is 12.4. The summed E-state index contributed by atoms with van der Waals surface area (Å²) in [7, 11) is 0. The van der Waals surface area contributed by atoms with Crippen LogP contribution in [0.5, 0.6) is 0 Å². The molecule has 0 saturated heterocycles. The first-order valence-electron chi connectivity index (χ1n) is 5.31. The Bertz CT molecular complexity index is 385. The molecule has 22 heavy (non-hydrogen) atoms. The van der Waals surface area contributed by atoms with Crippen molar-refractivity contribution in [3.05, 3.63) is 0 Å². The topological polar surface area (TPSA) is 61.4 Å². The van der Waals surface area contributed by atoms with Gasteiger partial charge in [-0.3, -0.25) is 9.59 Å². The van der Waals surface area contributed by atoms with Crippen molar-refractivity contribution in [2.75, 3.05) is 26.3 Å². The molecule has 14 heteroatoms. The van der Waals surface area contributed by atoms with Crippen LogP contribution in [0.4, 0.5) is 27.2 Å². The van der Waals surface area contributed by atoms with Gasteiger partial charge in [-0.25, -0.2) is 4.39 Å². The number of halogens is 7. The summed E-state index contributed by atoms with van der Waals surface area (Å²) in [5, 5.41) is 1.85. The zero-order chi connectivity index (χ0) is 17.4. The van der Waals surface area contributed by atoms with Gasteiger partial charge in [0.15, 0.2) is 0 Å². The van der Waals surface area contributed by atoms with Crippen molar-refractivity contribution in [1.29, 1.82) is 0 Å². The van der Waals surface area contributed by atoms with Gasteiger partial charge in [0.05, 0.1) is 6.54 Å². The number of nitrogens with zero attached hydrogens (tertiary/aromatic N) is 1. The average molecular weight is 427 g/mol. The van der Waals surface area contributed by atoms with Crippen molar-refractivity contribution < 1.29 is 27.2 Å². The number of carbonyl (C=O) groups is 2. The summed E-state index contributed by atoms with van der Waals surface area (Å²) in [5.74, 6) is 0. The molecule has 0 aromatic carbocycles. The fourth-order valence-electron chi connectivity index (χ4n) is 0.801. The van der Waals surface area contributed by atoms with Crippen LogP contribution in [0.25, 0.3) is 0 Å². The summed E-state index contributed by atoms with van der Waals surface area (Å²) < 4.78 is 46.8. The van der Waals surface area contributed by atoms with Crippen molar-refractivity contribution in [2.24, 2.45) is 0 Å². The first kappa shape index (κ1) is 22.2. The van der Waals surface area contributed by atoms with Crippen LogP contribution < -0.4 is 10.6 Å². The molecule has 5 nitrogen and oxygen atoms in total. The Morgan fingerprint density at radius 3 is 1.95 bits per heavy atom. The standard InChI is InChI=1S/C8H10Cl3F4N3O2S2/c9-7(10,11)4-18(21-5(19)16-2-1-12)22-6(20)17-3-8(13,14)15/h1-4H2,(H,16,19)(H,17,20). The van der Waals surface area contributed by atoms with E-state index in [4.69, 9.17) is 34.8 Å². The molecule has 0 aliphatic rings. The van der Waals surface area contributed by atoms with Crippen molar-refractivity contribution >= 4 is 69.2 Å². The second-order valence-corrected chi connectivity index (χ2v) is 8.18. The number of nitrogens with one attached hydrogen (secondary N) is 2. The van der Waals surface area contributed by atoms with Gasteiger partial charge < -0.3 is 10.6 Å². The third-order valence-corrected chi connectivity index (χ3v) is 3.57. The Labute approximate surface area is 147 Å². The predicted octanol–water partition coefficient (Wildman–Crippen LogP) is 3.91. The van der Waals surface area contributed by atoms with Gasteiger partial charge in [-0.1, -0.05) is 34.8 Å². The lowest BCUT2D eigenvalue weighted by atomic mass is 10.6. The fourth-order valence-corrected chi connectivity index (χ4v) is 3.33. The summed E-state index contributed by atoms with van der Waals surface area (Å²) in [6.45, 7) is -3.07. The molecule has 0 unspecified atom stereocenters. The molecule has 0 aliphatic heterocycles. The molecule has 0 aromatic rings. The summed E-state index contributed by atoms with van der Waals surface area (Å²) in [6, 6.07) is 0. The highest BCUT2D eigenvalue weighted by molar-refractivity contribution is 8.25. The molecule has 0 fully saturated rings. The molecular weight excluding hydrogens is 417 g/mol. The summed E-state index contributed by atoms with van der Waals surface area (Å²) in [5.41, 5.74) is 0. The third kappa shape index (κ3) is 13.8. The lowest BCUT2D eigenvalue weighted by molar-refractivity contribution is -0.122. The summed E-state index contributed by atoms with van der Waals surface area (Å²) >= 11 is 17.1. The van der Waals surface area contributed by atoms with E-state index in [2.05, 4.69) is 5.32 Å². The largest absolute Gasteiger partial charge is 0.405 e. The monoisotopic (exact) mass is 425 g/mol. The number of alkyl halides is 7. The summed E-state index contributed by atoms with van der Waals surface area (Å²) in [6.07, 6.45) is -4.58. The van der Waals surface area contributed by atoms with Gasteiger partial charge in [0.2, 0.25) is 3.79 Å². The van der Waals surface area contributed by atoms with Crippen LogP contribution >= 0.6 is 58.7 Å². The third-order valence-electron chi connectivity index (χ3n) is 1.47. The van der Waals surface area contributed by atoms with Crippen molar-refractivity contribution in [2.45, 2.75) is 9.97 Å². The molecule has 0 saturated carbocycles. The number of carbonyl (C=O) groups excluding carboxylic acids is 2. The molecular formula is C8H10Cl3F4N3O2S2. The van der Waals surface area contributed by atoms with E-state index < -0.39 is 40.2 Å². The average Bonchev–Trinajstić information content (AvgIpc) is 2.31. The zero-order valence-corrected chi connectivity index (χ0v) is 14.5. The molecule has 0 rings (SSSR count). The zero-order valence-electron chi connectivity index (χ0n) is 10.6. The van der Waals surface area contributed by atoms with E-state index in [1.165, 1.54) is 0 Å². The molecule has 0 spiro atoms. The molecule has 2 amide bonds. The van der Waals surface area contributed by atoms with Crippen LogP contribution in [0.15, 0.2) is 0 Å². The van der Waals surface area contributed by atoms with E-state index in [1.807, 2.05) is 0 Å². The molecule has 0 aromatic heterocycles. The second-order valence-electron chi connectivity index (χ2n) is 3.45. The van der Waals surface area contributed by atoms with Crippen molar-refractivity contribution in [3.8, 4) is 0 Å². The second kappa shape index (κ2) is 10.1. The Morgan fingerprint density at radius 2 is 1.55 bits per heavy atom. The fraction of sp³-hybridized carbons (Fsp3) is 0.750. The lowest BCUT2D eigenvalue weighted by Crippen LogP contribution is -2.34. The van der Waals surface area contributed by atoms with Gasteiger partial charge >= 0.3 is 6.18 Å². The van der Waals surface area contributed by atoms with Crippen LogP contribution in [0.2, 0.25) is 0 Å². The van der Waals surface area contributed by atoms with E-state index in [0.29, 0.717) is 11.9 Å². The van der Waals surface area contributed by atoms with Crippen molar-refractivity contribution in [3.63, 3.8) is 0 Å². The molecule has 2 N–H and O–H groups in total. The maximum atomic E-state index is 12.0. The maximum Gasteiger partial charge on any atom is 0.405 e. The Balaban J connectivity index is 4.52. The highest BCUT2D eigenvalue weighted by Gasteiger charge is 2.31. The van der Waals surface area contributed by atoms with E-state index in [1.54, 1.807) is 5.32 Å². The molecule has 0 bridgehead atoms. The lowest BCUT2D eigenvalue weighted by Gasteiger charge is -2.22. The first-order chi connectivity index (χ1) is 9.93. The molecule has 0 atom stereocenters. The summed E-state index contributed by atoms with van der Waals surface area (Å²) in [4.78, 5) is 22.7. The quantitative estimate of drug-likeness (QED) is 0.383. The van der Waals surface area contributed by atoms with E-state index in [9.17, 15) is 27.2 Å². The van der Waals surface area contributed by atoms with Crippen LogP contribution in [0.1, 0.15) is 0 Å². The number of hydrogen-bond donors (Lipinski definition) is 2. The smallest absolute Gasteiger partial charge is 0.343 e. The van der Waals surface area contributed by atoms with Gasteiger partial charge in [-0.15, -0.1) is 0 Å². The minimum absolute atomic E-state index is 0.212. The SMILES string of the molecule is O=C(NCCF)SN(CC(Cl)(Cl)Cl)SC(=O)NCC(F)(F)F. The highest BCUT2D eigenvalue weighted by atomic mass is 35.6. The van der Waals surface area contributed by atoms with E-state index in [-0.39, 0.29) is 18.5 Å². The maximum absolute atomic E-state index is 12.0. The van der Waals surface area contributed by atoms with Crippen LogP contribution in [-0.2, 0) is 0 Å². The predicted molar refractivity (Wildman–Crippen MR) is 81.0 cm³/mol. The Morgan fingerprint density at radius 1 is 1.05 bits per heavy atom. The van der Waals surface area contributed by atoms with Crippen LogP contribution in [0.3, 0.4) is 0 Å². The molecule has 130 valence electrons. The number of amides is 2. The van der Waals surface area contributed by atoms with E-state index in [0.717, 1.165) is 3.71 Å². The Kier molecular flexibility index (Phi) is 10.2. The minimum atomic E-state index is -4.58. The van der Waals surface area contributed by atoms with Crippen molar-refractivity contribution in [1.82, 2.24) is 14.3 Å². The van der Waals surface area contributed by atoms with Gasteiger partial charge in [0.25, 0.3) is 10.5 Å². The minimum Gasteiger partial charge on any atom is -0.343 e. The van der Waals surface area contributed by atoms with Gasteiger partial charge in [-0.05, 0) is 0 Å². The van der Waals surface area contributed by atoms with Gasteiger partial charge in [0, 0.05) is 30.4 Å². The van der Waals surface area contributed by atoms with Crippen LogP contribution in [-0.4, -0.2) is 50.5 Å². The molecule has 0 heterocycles. The number of hydrogen-bond acceptors (Lipinski definition) is 5. The van der Waals surface area contributed by atoms with Crippen LogP contribution in [0, 0.1) is 0 Å². The van der Waals surface area contributed by atoms with Gasteiger partial charge in [0.1, 0.15) is 13.2 Å². The Hall–Kier alpha value is 0.190. The highest BCUT2D eigenvalue weighted by Crippen LogP contribution is 2.33. The number of rotatable bonds is 6. The van der Waals surface area contributed by atoms with E-state index >= 15 is 0 Å². The first-order valence-corrected chi connectivity index (χ1v) is 7.99. The molecule has 0 radical (unpaired) electrons.